The van der Waals surface area contributed by atoms with Gasteiger partial charge in [0.15, 0.2) is 11.6 Å². The zero-order valence-corrected chi connectivity index (χ0v) is 70.8. The van der Waals surface area contributed by atoms with Crippen LogP contribution in [0.25, 0.3) is 0 Å². The number of carbonyl (C=O) groups excluding carboxylic acids is 15. The molecule has 128 heavy (non-hydrogen) atoms. The van der Waals surface area contributed by atoms with E-state index in [0.717, 1.165) is 97.5 Å². The normalized spacial score (nSPS) is 16.4. The molecular weight excluding hydrogens is 1750 g/mol. The van der Waals surface area contributed by atoms with Gasteiger partial charge in [-0.1, -0.05) is 58.5 Å². The molecule has 0 aromatic heterocycles. The Morgan fingerprint density at radius 2 is 0.445 bits per heavy atom. The Kier molecular flexibility index (Phi) is 32.8. The number of rotatable bonds is 9. The number of phenolic OH excluding ortho intramolecular Hbond substituents is 9. The Bertz CT molecular complexity index is 5360. The van der Waals surface area contributed by atoms with Crippen molar-refractivity contribution >= 4 is 186 Å². The summed E-state index contributed by atoms with van der Waals surface area (Å²) in [6.45, 7) is 2.25. The van der Waals surface area contributed by atoms with Gasteiger partial charge in [0.25, 0.3) is 0 Å². The number of amides is 15. The van der Waals surface area contributed by atoms with Crippen LogP contribution in [0.3, 0.4) is 0 Å². The minimum Gasteiger partial charge on any atom is -0.508 e. The molecule has 9 saturated heterocycles. The maximum absolute atomic E-state index is 13.0. The molecule has 9 N–H and O–H groups in total. The third kappa shape index (κ3) is 24.8. The first-order valence-electron chi connectivity index (χ1n) is 39.6. The van der Waals surface area contributed by atoms with E-state index in [0.29, 0.717) is 52.7 Å². The highest BCUT2D eigenvalue weighted by Gasteiger charge is 2.36. The molecule has 38 heteroatoms. The largest absolute Gasteiger partial charge is 0.508 e. The van der Waals surface area contributed by atoms with Crippen molar-refractivity contribution in [2.45, 2.75) is 116 Å². The highest BCUT2D eigenvalue weighted by molar-refractivity contribution is 6.34. The summed E-state index contributed by atoms with van der Waals surface area (Å²) in [6.07, 6.45) is 7.33. The summed E-state index contributed by atoms with van der Waals surface area (Å²) in [5, 5.41) is 83.5. The Hall–Kier alpha value is -14.5. The fraction of sp³-hybridized carbons (Fsp3) is 0.233. The molecule has 15 amide bonds. The second-order valence-corrected chi connectivity index (χ2v) is 30.6. The summed E-state index contributed by atoms with van der Waals surface area (Å²) in [4.78, 5) is 182. The van der Waals surface area contributed by atoms with Crippen LogP contribution in [0.4, 0.5) is 55.6 Å². The van der Waals surface area contributed by atoms with Crippen LogP contribution in [-0.2, 0) is 71.9 Å². The van der Waals surface area contributed by atoms with E-state index in [1.165, 1.54) is 91.0 Å². The average Bonchev–Trinajstić information content (AvgIpc) is 1.67. The molecule has 666 valence electrons. The van der Waals surface area contributed by atoms with Gasteiger partial charge in [-0.25, -0.2) is 4.39 Å². The van der Waals surface area contributed by atoms with Gasteiger partial charge in [-0.2, -0.15) is 0 Å². The summed E-state index contributed by atoms with van der Waals surface area (Å²) < 4.78 is 13.0. The van der Waals surface area contributed by atoms with Crippen molar-refractivity contribution in [3.05, 3.63) is 214 Å². The number of imide groups is 6. The summed E-state index contributed by atoms with van der Waals surface area (Å²) in [5.74, 6) is -3.49. The van der Waals surface area contributed by atoms with Gasteiger partial charge in [0.1, 0.15) is 46.0 Å². The number of aromatic hydroxyl groups is 9. The molecule has 0 saturated carbocycles. The highest BCUT2D eigenvalue weighted by Crippen LogP contribution is 2.37. The van der Waals surface area contributed by atoms with Crippen LogP contribution in [0.15, 0.2) is 188 Å². The van der Waals surface area contributed by atoms with E-state index in [2.05, 4.69) is 0 Å². The van der Waals surface area contributed by atoms with Gasteiger partial charge in [-0.3, -0.25) is 101 Å². The molecule has 9 aliphatic heterocycles. The van der Waals surface area contributed by atoms with E-state index in [4.69, 9.17) is 61.7 Å². The molecule has 0 radical (unpaired) electrons. The smallest absolute Gasteiger partial charge is 0.234 e. The highest BCUT2D eigenvalue weighted by atomic mass is 35.5. The molecule has 0 bridgehead atoms. The molecule has 0 unspecified atom stereocenters. The Morgan fingerprint density at radius 1 is 0.203 bits per heavy atom. The summed E-state index contributed by atoms with van der Waals surface area (Å²) >= 11 is 22.7. The maximum atomic E-state index is 13.0. The fourth-order valence-electron chi connectivity index (χ4n) is 13.7. The van der Waals surface area contributed by atoms with Gasteiger partial charge in [0.2, 0.25) is 88.6 Å². The van der Waals surface area contributed by atoms with Gasteiger partial charge in [-0.05, 0) is 165 Å². The lowest BCUT2D eigenvalue weighted by atomic mass is 10.2. The second kappa shape index (κ2) is 43.9. The van der Waals surface area contributed by atoms with Crippen molar-refractivity contribution in [2.75, 3.05) is 63.7 Å². The lowest BCUT2D eigenvalue weighted by Crippen LogP contribution is -2.28. The predicted octanol–water partition coefficient (Wildman–Crippen LogP) is 13.6. The number of halogens is 5. The predicted molar refractivity (Wildman–Crippen MR) is 468 cm³/mol. The molecular formula is C90H82Cl4FN9O24. The van der Waals surface area contributed by atoms with Crippen molar-refractivity contribution in [1.29, 1.82) is 0 Å². The molecule has 9 aromatic rings. The van der Waals surface area contributed by atoms with E-state index >= 15 is 0 Å². The minimum absolute atomic E-state index is 0.0175. The first-order chi connectivity index (χ1) is 61.0. The van der Waals surface area contributed by atoms with Crippen LogP contribution < -0.4 is 44.1 Å². The van der Waals surface area contributed by atoms with E-state index in [1.54, 1.807) is 99.6 Å². The summed E-state index contributed by atoms with van der Waals surface area (Å²) in [7, 11) is 0. The van der Waals surface area contributed by atoms with E-state index in [1.807, 2.05) is 0 Å². The lowest BCUT2D eigenvalue weighted by Gasteiger charge is -2.15. The molecule has 0 atom stereocenters. The van der Waals surface area contributed by atoms with Crippen molar-refractivity contribution in [3.8, 4) is 51.7 Å². The van der Waals surface area contributed by atoms with Crippen LogP contribution in [0, 0.1) is 5.82 Å². The van der Waals surface area contributed by atoms with Crippen molar-refractivity contribution in [3.63, 3.8) is 0 Å². The third-order valence-corrected chi connectivity index (χ3v) is 21.3. The molecule has 9 fully saturated rings. The number of hydrogen-bond acceptors (Lipinski definition) is 24. The number of benzene rings is 9. The van der Waals surface area contributed by atoms with Crippen LogP contribution in [0.5, 0.6) is 51.7 Å². The molecule has 9 heterocycles. The molecule has 9 aromatic carbocycles. The third-order valence-electron chi connectivity index (χ3n) is 20.0. The van der Waals surface area contributed by atoms with Gasteiger partial charge < -0.3 is 60.7 Å². The lowest BCUT2D eigenvalue weighted by molar-refractivity contribution is -0.122. The Balaban J connectivity index is 0.000000150. The zero-order valence-electron chi connectivity index (χ0n) is 67.8. The Morgan fingerprint density at radius 3 is 0.750 bits per heavy atom. The van der Waals surface area contributed by atoms with Crippen LogP contribution in [0.2, 0.25) is 20.1 Å². The number of phenols is 9. The first-order valence-corrected chi connectivity index (χ1v) is 41.1. The summed E-state index contributed by atoms with van der Waals surface area (Å²) in [5.41, 5.74) is 4.70. The van der Waals surface area contributed by atoms with Crippen molar-refractivity contribution < 1.29 is 122 Å². The van der Waals surface area contributed by atoms with Crippen LogP contribution in [0.1, 0.15) is 116 Å². The number of carbonyl (C=O) groups is 15. The standard InChI is InChI=1S/2C10H8ClNO3.2C10H10ClNO2.C10H8FNO3.3C10H9NO3.C10H11NO2/c11-7-5-6(1-2-8(7)13)12-9(14)3-4-10(12)15;11-7-2-1-6(5-8(7)13)12-9(14)3-4-10(12)15;11-8-6-7(3-4-9(8)13)12-5-1-2-10(12)14;11-8-4-3-7(6-9(8)13)12-5-1-2-10(12)14;11-7-5-6(1-2-8(7)13)12-9(14)3-4-10(12)15;12-8-3-1-7(2-4-8)11-9(13)5-6-10(11)14;2*12-8-3-1-2-7(6-8)11-9(13)4-5-10(11)14;12-9-5-3-8(4-6-9)11-7-1-2-10(11)13/h2*1-2,5,13H,3-4H2;2*3-4,6,13H,1-2,5H2;1-2,5,13H,3-4H2;1-4,12H,5-6H2;2*1-3,6,12H,4-5H2;3-6,12H,1-2,7H2. The quantitative estimate of drug-likeness (QED) is 0.0606. The number of hydrogen-bond donors (Lipinski definition) is 9. The molecule has 0 aliphatic carbocycles. The molecule has 0 spiro atoms. The number of anilines is 9. The molecule has 18 rings (SSSR count). The van der Waals surface area contributed by atoms with Crippen molar-refractivity contribution in [1.82, 2.24) is 0 Å². The molecule has 33 nitrogen and oxygen atoms in total. The van der Waals surface area contributed by atoms with Crippen LogP contribution >= 0.6 is 46.4 Å². The van der Waals surface area contributed by atoms with E-state index < -0.39 is 11.6 Å². The second-order valence-electron chi connectivity index (χ2n) is 28.9. The van der Waals surface area contributed by atoms with Crippen LogP contribution in [-0.4, -0.2) is 154 Å². The minimum atomic E-state index is -0.847. The number of nitrogens with zero attached hydrogens (tertiary/aromatic N) is 9. The fourth-order valence-corrected chi connectivity index (χ4v) is 14.3. The van der Waals surface area contributed by atoms with E-state index in [9.17, 15) is 107 Å². The van der Waals surface area contributed by atoms with E-state index in [-0.39, 0.29) is 232 Å². The Labute approximate surface area is 749 Å². The maximum Gasteiger partial charge on any atom is 0.234 e. The molecule has 9 aliphatic rings. The first kappa shape index (κ1) is 95.7. The SMILES string of the molecule is O=C1CCC(=O)N1c1ccc(Cl)c(O)c1.O=C1CCC(=O)N1c1ccc(O)c(Cl)c1.O=C1CCC(=O)N1c1ccc(O)c(F)c1.O=C1CCC(=O)N1c1ccc(O)cc1.O=C1CCC(=O)N1c1cccc(O)c1.O=C1CCC(=O)N1c1cccc(O)c1.O=C1CCCN1c1ccc(Cl)c(O)c1.O=C1CCCN1c1ccc(O)c(Cl)c1.O=C1CCCN1c1ccc(O)cc1. The van der Waals surface area contributed by atoms with Gasteiger partial charge in [0.05, 0.1) is 54.2 Å². The van der Waals surface area contributed by atoms with Crippen molar-refractivity contribution in [2.24, 2.45) is 0 Å². The average molecular weight is 1830 g/mol. The van der Waals surface area contributed by atoms with Gasteiger partial charge in [0, 0.05) is 163 Å². The zero-order chi connectivity index (χ0) is 92.9. The van der Waals surface area contributed by atoms with Gasteiger partial charge >= 0.3 is 0 Å². The topological polar surface area (TPSA) is 467 Å². The van der Waals surface area contributed by atoms with Gasteiger partial charge in [-0.15, -0.1) is 0 Å². The monoisotopic (exact) mass is 1830 g/mol. The summed E-state index contributed by atoms with van der Waals surface area (Å²) in [6, 6.07) is 46.6.